The van der Waals surface area contributed by atoms with Crippen molar-refractivity contribution in [2.75, 3.05) is 18.0 Å². The lowest BCUT2D eigenvalue weighted by Gasteiger charge is -2.31. The lowest BCUT2D eigenvalue weighted by molar-refractivity contribution is -0.275. The number of aromatic nitrogens is 1. The van der Waals surface area contributed by atoms with Crippen LogP contribution in [0, 0.1) is 23.0 Å². The third-order valence-electron chi connectivity index (χ3n) is 5.66. The molecule has 6 nitrogen and oxygen atoms in total. The Kier molecular flexibility index (Phi) is 6.49. The summed E-state index contributed by atoms with van der Waals surface area (Å²) in [4.78, 5) is 6.46. The first-order valence-electron chi connectivity index (χ1n) is 10.6. The highest BCUT2D eigenvalue weighted by Gasteiger charge is 2.32. The van der Waals surface area contributed by atoms with E-state index < -0.39 is 23.7 Å². The standard InChI is InChI=1S/C24H19F5N4O2/c25-17-10-14(1-2-15(17)12-30)23-22(13-3-4-20(18(26)9-13)35-24(27,28)29)19(34)11-21(32-23)33-7-5-16(31)6-8-33/h1-4,9-11,16H,5-8,31H2,(H,32,34). The van der Waals surface area contributed by atoms with Gasteiger partial charge in [-0.25, -0.2) is 13.8 Å². The Morgan fingerprint density at radius 3 is 2.29 bits per heavy atom. The Morgan fingerprint density at radius 2 is 1.69 bits per heavy atom. The first-order valence-corrected chi connectivity index (χ1v) is 10.6. The second kappa shape index (κ2) is 9.38. The van der Waals surface area contributed by atoms with Crippen molar-refractivity contribution in [2.24, 2.45) is 5.73 Å². The molecule has 1 saturated heterocycles. The normalized spacial score (nSPS) is 14.6. The molecule has 2 heterocycles. The molecule has 2 aromatic carbocycles. The molecule has 1 aliphatic heterocycles. The summed E-state index contributed by atoms with van der Waals surface area (Å²) in [5.74, 6) is -3.15. The number of nitrogens with two attached hydrogens (primary N) is 1. The quantitative estimate of drug-likeness (QED) is 0.495. The predicted octanol–water partition coefficient (Wildman–Crippen LogP) is 5.10. The number of hydrogen-bond acceptors (Lipinski definition) is 6. The number of hydrogen-bond donors (Lipinski definition) is 2. The van der Waals surface area contributed by atoms with Gasteiger partial charge in [0.15, 0.2) is 11.6 Å². The van der Waals surface area contributed by atoms with Crippen molar-refractivity contribution in [2.45, 2.75) is 25.2 Å². The van der Waals surface area contributed by atoms with Crippen molar-refractivity contribution >= 4 is 5.82 Å². The van der Waals surface area contributed by atoms with Gasteiger partial charge in [-0.3, -0.25) is 0 Å². The molecule has 0 aliphatic carbocycles. The first-order chi connectivity index (χ1) is 16.6. The molecule has 3 N–H and O–H groups in total. The molecule has 0 saturated carbocycles. The number of halogens is 5. The number of rotatable bonds is 4. The van der Waals surface area contributed by atoms with Crippen LogP contribution in [-0.4, -0.2) is 35.6 Å². The molecule has 0 spiro atoms. The van der Waals surface area contributed by atoms with Crippen LogP contribution < -0.4 is 15.4 Å². The van der Waals surface area contributed by atoms with E-state index in [4.69, 9.17) is 11.0 Å². The van der Waals surface area contributed by atoms with E-state index in [2.05, 4.69) is 9.72 Å². The molecule has 0 atom stereocenters. The van der Waals surface area contributed by atoms with Crippen LogP contribution in [0.3, 0.4) is 0 Å². The SMILES string of the molecule is N#Cc1ccc(-c2nc(N3CCC(N)CC3)cc(O)c2-c2ccc(OC(F)(F)F)c(F)c2)cc1F. The number of alkyl halides is 3. The van der Waals surface area contributed by atoms with Crippen LogP contribution in [-0.2, 0) is 0 Å². The van der Waals surface area contributed by atoms with Gasteiger partial charge in [-0.1, -0.05) is 12.1 Å². The van der Waals surface area contributed by atoms with E-state index in [1.54, 1.807) is 6.07 Å². The topological polar surface area (TPSA) is 95.4 Å². The maximum atomic E-state index is 14.5. The van der Waals surface area contributed by atoms with Gasteiger partial charge >= 0.3 is 6.36 Å². The highest BCUT2D eigenvalue weighted by Crippen LogP contribution is 2.42. The molecule has 0 amide bonds. The fourth-order valence-electron chi connectivity index (χ4n) is 3.92. The molecule has 11 heteroatoms. The Morgan fingerprint density at radius 1 is 1.03 bits per heavy atom. The van der Waals surface area contributed by atoms with Crippen molar-refractivity contribution in [3.05, 3.63) is 59.7 Å². The third-order valence-corrected chi connectivity index (χ3v) is 5.66. The van der Waals surface area contributed by atoms with Gasteiger partial charge in [0.1, 0.15) is 23.5 Å². The number of nitriles is 1. The Hall–Kier alpha value is -3.91. The number of pyridine rings is 1. The van der Waals surface area contributed by atoms with E-state index >= 15 is 0 Å². The smallest absolute Gasteiger partial charge is 0.507 e. The Balaban J connectivity index is 1.86. The Labute approximate surface area is 197 Å². The summed E-state index contributed by atoms with van der Waals surface area (Å²) in [6.07, 6.45) is -3.70. The van der Waals surface area contributed by atoms with Crippen LogP contribution in [0.4, 0.5) is 27.8 Å². The predicted molar refractivity (Wildman–Crippen MR) is 118 cm³/mol. The highest BCUT2D eigenvalue weighted by atomic mass is 19.4. The molecule has 0 unspecified atom stereocenters. The molecule has 1 aromatic heterocycles. The summed E-state index contributed by atoms with van der Waals surface area (Å²) in [7, 11) is 0. The van der Waals surface area contributed by atoms with Crippen LogP contribution in [0.15, 0.2) is 42.5 Å². The summed E-state index contributed by atoms with van der Waals surface area (Å²) < 4.78 is 70.1. The molecular weight excluding hydrogens is 471 g/mol. The van der Waals surface area contributed by atoms with Crippen molar-refractivity contribution in [3.8, 4) is 40.0 Å². The first kappa shape index (κ1) is 24.2. The Bertz CT molecular complexity index is 1300. The molecule has 0 bridgehead atoms. The lowest BCUT2D eigenvalue weighted by Crippen LogP contribution is -2.40. The number of nitrogens with zero attached hydrogens (tertiary/aromatic N) is 3. The lowest BCUT2D eigenvalue weighted by atomic mass is 9.97. The van der Waals surface area contributed by atoms with E-state index in [1.807, 2.05) is 4.90 Å². The average Bonchev–Trinajstić information content (AvgIpc) is 2.79. The fraction of sp³-hybridized carbons (Fsp3) is 0.250. The van der Waals surface area contributed by atoms with Gasteiger partial charge in [0.25, 0.3) is 0 Å². The second-order valence-corrected chi connectivity index (χ2v) is 8.05. The van der Waals surface area contributed by atoms with E-state index in [9.17, 15) is 27.1 Å². The van der Waals surface area contributed by atoms with E-state index in [0.717, 1.165) is 24.3 Å². The van der Waals surface area contributed by atoms with Crippen molar-refractivity contribution < 1.29 is 31.8 Å². The van der Waals surface area contributed by atoms with Gasteiger partial charge in [0, 0.05) is 30.8 Å². The minimum atomic E-state index is -5.09. The zero-order valence-corrected chi connectivity index (χ0v) is 18.1. The van der Waals surface area contributed by atoms with Crippen molar-refractivity contribution in [1.82, 2.24) is 4.98 Å². The van der Waals surface area contributed by atoms with Gasteiger partial charge in [-0.2, -0.15) is 5.26 Å². The molecule has 35 heavy (non-hydrogen) atoms. The maximum absolute atomic E-state index is 14.5. The largest absolute Gasteiger partial charge is 0.573 e. The van der Waals surface area contributed by atoms with E-state index in [-0.39, 0.29) is 39.7 Å². The van der Waals surface area contributed by atoms with Crippen molar-refractivity contribution in [1.29, 1.82) is 5.26 Å². The van der Waals surface area contributed by atoms with Crippen molar-refractivity contribution in [3.63, 3.8) is 0 Å². The van der Waals surface area contributed by atoms with E-state index in [0.29, 0.717) is 31.7 Å². The maximum Gasteiger partial charge on any atom is 0.573 e. The van der Waals surface area contributed by atoms with Crippen LogP contribution in [0.2, 0.25) is 0 Å². The minimum Gasteiger partial charge on any atom is -0.507 e. The third kappa shape index (κ3) is 5.27. The van der Waals surface area contributed by atoms with Gasteiger partial charge in [-0.05, 0) is 42.7 Å². The number of piperidine rings is 1. The van der Waals surface area contributed by atoms with Gasteiger partial charge < -0.3 is 20.5 Å². The van der Waals surface area contributed by atoms with Gasteiger partial charge in [0.2, 0.25) is 0 Å². The summed E-state index contributed by atoms with van der Waals surface area (Å²) in [6, 6.07) is 9.48. The van der Waals surface area contributed by atoms with Gasteiger partial charge in [-0.15, -0.1) is 13.2 Å². The monoisotopic (exact) mass is 490 g/mol. The number of benzene rings is 2. The molecule has 1 aliphatic rings. The number of anilines is 1. The summed E-state index contributed by atoms with van der Waals surface area (Å²) in [6.45, 7) is 1.12. The molecule has 1 fully saturated rings. The number of ether oxygens (including phenoxy) is 1. The minimum absolute atomic E-state index is 0.00555. The summed E-state index contributed by atoms with van der Waals surface area (Å²) in [5.41, 5.74) is 5.95. The highest BCUT2D eigenvalue weighted by molar-refractivity contribution is 5.87. The molecule has 182 valence electrons. The summed E-state index contributed by atoms with van der Waals surface area (Å²) in [5, 5.41) is 19.9. The zero-order chi connectivity index (χ0) is 25.3. The number of aromatic hydroxyl groups is 1. The second-order valence-electron chi connectivity index (χ2n) is 8.05. The van der Waals surface area contributed by atoms with Crippen LogP contribution in [0.25, 0.3) is 22.4 Å². The fourth-order valence-corrected chi connectivity index (χ4v) is 3.92. The van der Waals surface area contributed by atoms with Crippen LogP contribution >= 0.6 is 0 Å². The molecule has 0 radical (unpaired) electrons. The summed E-state index contributed by atoms with van der Waals surface area (Å²) >= 11 is 0. The van der Waals surface area contributed by atoms with Gasteiger partial charge in [0.05, 0.1) is 16.8 Å². The van der Waals surface area contributed by atoms with Crippen LogP contribution in [0.5, 0.6) is 11.5 Å². The molecular formula is C24H19F5N4O2. The molecule has 4 rings (SSSR count). The molecule has 3 aromatic rings. The zero-order valence-electron chi connectivity index (χ0n) is 18.1. The van der Waals surface area contributed by atoms with E-state index in [1.165, 1.54) is 18.2 Å². The van der Waals surface area contributed by atoms with Crippen LogP contribution in [0.1, 0.15) is 18.4 Å². The average molecular weight is 490 g/mol.